The molecule has 9 heteroatoms. The second kappa shape index (κ2) is 10.3. The first-order chi connectivity index (χ1) is 18.6. The summed E-state index contributed by atoms with van der Waals surface area (Å²) in [6.45, 7) is 8.09. The van der Waals surface area contributed by atoms with Gasteiger partial charge in [0.2, 0.25) is 0 Å². The molecule has 0 spiro atoms. The smallest absolute Gasteiger partial charge is 0.478 e. The number of aromatic nitrogens is 1. The predicted molar refractivity (Wildman–Crippen MR) is 148 cm³/mol. The molecule has 2 heterocycles. The van der Waals surface area contributed by atoms with Gasteiger partial charge in [0.05, 0.1) is 22.5 Å². The third kappa shape index (κ3) is 5.33. The Labute approximate surface area is 228 Å². The Kier molecular flexibility index (Phi) is 7.05. The summed E-state index contributed by atoms with van der Waals surface area (Å²) in [5, 5.41) is 12.0. The molecule has 0 bridgehead atoms. The van der Waals surface area contributed by atoms with Crippen LogP contribution in [0.15, 0.2) is 72.3 Å². The number of carboxylic acids is 1. The van der Waals surface area contributed by atoms with E-state index in [1.807, 2.05) is 52.0 Å². The Hall–Kier alpha value is -3.95. The van der Waals surface area contributed by atoms with E-state index in [0.29, 0.717) is 11.2 Å². The summed E-state index contributed by atoms with van der Waals surface area (Å²) in [4.78, 5) is 28.3. The molecule has 39 heavy (non-hydrogen) atoms. The Morgan fingerprint density at radius 2 is 1.56 bits per heavy atom. The SMILES string of the molecule is CC1(C)OB(C(=Cc2ccc(C(=O)O)cn2)CNC(=O)OCC2c3ccccc3-c3ccccc32)OC1(C)C. The van der Waals surface area contributed by atoms with Gasteiger partial charge in [-0.05, 0) is 73.6 Å². The number of carboxylic acid groups (broad SMARTS) is 1. The molecule has 0 unspecified atom stereocenters. The van der Waals surface area contributed by atoms with Crippen LogP contribution in [0.2, 0.25) is 0 Å². The van der Waals surface area contributed by atoms with Crippen molar-refractivity contribution in [2.45, 2.75) is 44.8 Å². The summed E-state index contributed by atoms with van der Waals surface area (Å²) < 4.78 is 18.1. The van der Waals surface area contributed by atoms with Gasteiger partial charge in [-0.25, -0.2) is 9.59 Å². The minimum Gasteiger partial charge on any atom is -0.478 e. The van der Waals surface area contributed by atoms with Crippen molar-refractivity contribution in [2.24, 2.45) is 0 Å². The average Bonchev–Trinajstić information content (AvgIpc) is 3.34. The van der Waals surface area contributed by atoms with E-state index in [4.69, 9.17) is 14.0 Å². The molecule has 0 atom stereocenters. The van der Waals surface area contributed by atoms with Crippen molar-refractivity contribution in [2.75, 3.05) is 13.2 Å². The molecule has 1 saturated heterocycles. The molecular formula is C30H31BN2O6. The zero-order chi connectivity index (χ0) is 27.8. The van der Waals surface area contributed by atoms with Crippen LogP contribution < -0.4 is 5.32 Å². The fraction of sp³-hybridized carbons (Fsp3) is 0.300. The quantitative estimate of drug-likeness (QED) is 0.401. The standard InChI is InChI=1S/C30H31BN2O6/c1-29(2)30(3,4)39-31(38-29)20(15-21-14-13-19(16-32-21)27(34)35)17-33-28(36)37-18-26-24-11-7-5-9-22(24)23-10-6-8-12-25(23)26/h5-16,26H,17-18H2,1-4H3,(H,33,36)(H,34,35). The van der Waals surface area contributed by atoms with E-state index in [0.717, 1.165) is 22.3 Å². The number of rotatable bonds is 7. The van der Waals surface area contributed by atoms with Gasteiger partial charge in [-0.2, -0.15) is 0 Å². The number of ether oxygens (including phenoxy) is 1. The lowest BCUT2D eigenvalue weighted by atomic mass is 9.77. The highest BCUT2D eigenvalue weighted by Gasteiger charge is 2.52. The van der Waals surface area contributed by atoms with Crippen LogP contribution in [0.25, 0.3) is 17.2 Å². The number of benzene rings is 2. The molecule has 2 N–H and O–H groups in total. The first-order valence-electron chi connectivity index (χ1n) is 12.9. The third-order valence-electron chi connectivity index (χ3n) is 7.70. The molecule has 1 aliphatic heterocycles. The summed E-state index contributed by atoms with van der Waals surface area (Å²) in [6, 6.07) is 19.4. The fourth-order valence-electron chi connectivity index (χ4n) is 4.83. The summed E-state index contributed by atoms with van der Waals surface area (Å²) in [5.74, 6) is -1.10. The molecule has 8 nitrogen and oxygen atoms in total. The Morgan fingerprint density at radius 1 is 0.974 bits per heavy atom. The van der Waals surface area contributed by atoms with E-state index in [9.17, 15) is 14.7 Å². The van der Waals surface area contributed by atoms with Crippen LogP contribution in [0.3, 0.4) is 0 Å². The number of pyridine rings is 1. The molecular weight excluding hydrogens is 495 g/mol. The normalized spacial score (nSPS) is 17.4. The maximum atomic E-state index is 12.8. The molecule has 1 fully saturated rings. The second-order valence-electron chi connectivity index (χ2n) is 10.8. The third-order valence-corrected chi connectivity index (χ3v) is 7.70. The first-order valence-corrected chi connectivity index (χ1v) is 12.9. The van der Waals surface area contributed by atoms with E-state index >= 15 is 0 Å². The number of alkyl carbamates (subject to hydrolysis) is 1. The molecule has 0 radical (unpaired) electrons. The highest BCUT2D eigenvalue weighted by atomic mass is 16.7. The van der Waals surface area contributed by atoms with Crippen LogP contribution in [0, 0.1) is 0 Å². The van der Waals surface area contributed by atoms with E-state index in [1.165, 1.54) is 12.3 Å². The van der Waals surface area contributed by atoms with Crippen LogP contribution in [0.1, 0.15) is 60.8 Å². The summed E-state index contributed by atoms with van der Waals surface area (Å²) >= 11 is 0. The molecule has 3 aromatic rings. The van der Waals surface area contributed by atoms with E-state index < -0.39 is 30.4 Å². The van der Waals surface area contributed by atoms with Crippen molar-refractivity contribution in [3.63, 3.8) is 0 Å². The lowest BCUT2D eigenvalue weighted by Crippen LogP contribution is -2.41. The van der Waals surface area contributed by atoms with Gasteiger partial charge in [0, 0.05) is 18.7 Å². The zero-order valence-corrected chi connectivity index (χ0v) is 22.4. The van der Waals surface area contributed by atoms with Crippen LogP contribution in [0.4, 0.5) is 4.79 Å². The summed E-state index contributed by atoms with van der Waals surface area (Å²) in [6.07, 6.45) is 2.46. The lowest BCUT2D eigenvalue weighted by Gasteiger charge is -2.32. The van der Waals surface area contributed by atoms with Crippen molar-refractivity contribution in [3.05, 3.63) is 94.7 Å². The highest BCUT2D eigenvalue weighted by molar-refractivity contribution is 6.56. The number of amides is 1. The van der Waals surface area contributed by atoms with E-state index in [1.54, 1.807) is 12.1 Å². The number of carbonyl (C=O) groups is 2. The van der Waals surface area contributed by atoms with Crippen molar-refractivity contribution < 1.29 is 28.7 Å². The number of fused-ring (bicyclic) bond motifs is 3. The first kappa shape index (κ1) is 26.7. The molecule has 1 aliphatic carbocycles. The van der Waals surface area contributed by atoms with Gasteiger partial charge in [-0.1, -0.05) is 48.5 Å². The van der Waals surface area contributed by atoms with Gasteiger partial charge >= 0.3 is 19.2 Å². The number of carbonyl (C=O) groups excluding carboxylic acids is 1. The number of aromatic carboxylic acids is 1. The Balaban J connectivity index is 1.30. The van der Waals surface area contributed by atoms with Gasteiger partial charge in [-0.15, -0.1) is 0 Å². The zero-order valence-electron chi connectivity index (χ0n) is 22.4. The van der Waals surface area contributed by atoms with E-state index in [2.05, 4.69) is 34.6 Å². The lowest BCUT2D eigenvalue weighted by molar-refractivity contribution is 0.00578. The van der Waals surface area contributed by atoms with Gasteiger partial charge < -0.3 is 24.5 Å². The van der Waals surface area contributed by atoms with Gasteiger partial charge in [-0.3, -0.25) is 4.98 Å². The fourth-order valence-corrected chi connectivity index (χ4v) is 4.83. The molecule has 1 amide bonds. The number of nitrogens with one attached hydrogen (secondary N) is 1. The van der Waals surface area contributed by atoms with Crippen molar-refractivity contribution in [3.8, 4) is 11.1 Å². The van der Waals surface area contributed by atoms with Crippen molar-refractivity contribution in [1.82, 2.24) is 10.3 Å². The summed E-state index contributed by atoms with van der Waals surface area (Å²) in [5.41, 5.74) is 4.66. The maximum absolute atomic E-state index is 12.8. The van der Waals surface area contributed by atoms with Gasteiger partial charge in [0.1, 0.15) is 6.61 Å². The van der Waals surface area contributed by atoms with Gasteiger partial charge in [0.15, 0.2) is 0 Å². The number of nitrogens with zero attached hydrogens (tertiary/aromatic N) is 1. The second-order valence-corrected chi connectivity index (χ2v) is 10.8. The minimum absolute atomic E-state index is 0.0433. The monoisotopic (exact) mass is 526 g/mol. The average molecular weight is 526 g/mol. The Bertz CT molecular complexity index is 1370. The highest BCUT2D eigenvalue weighted by Crippen LogP contribution is 2.44. The van der Waals surface area contributed by atoms with E-state index in [-0.39, 0.29) is 24.6 Å². The largest absolute Gasteiger partial charge is 0.492 e. The number of hydrogen-bond donors (Lipinski definition) is 2. The molecule has 200 valence electrons. The molecule has 2 aromatic carbocycles. The topological polar surface area (TPSA) is 107 Å². The van der Waals surface area contributed by atoms with Crippen LogP contribution in [0.5, 0.6) is 0 Å². The van der Waals surface area contributed by atoms with Crippen LogP contribution in [-0.4, -0.2) is 53.6 Å². The molecule has 1 aromatic heterocycles. The molecule has 0 saturated carbocycles. The maximum Gasteiger partial charge on any atom is 0.492 e. The predicted octanol–water partition coefficient (Wildman–Crippen LogP) is 5.33. The van der Waals surface area contributed by atoms with Crippen molar-refractivity contribution in [1.29, 1.82) is 0 Å². The Morgan fingerprint density at radius 3 is 2.10 bits per heavy atom. The molecule has 5 rings (SSSR count). The minimum atomic E-state index is -1.05. The van der Waals surface area contributed by atoms with Crippen LogP contribution >= 0.6 is 0 Å². The van der Waals surface area contributed by atoms with Crippen molar-refractivity contribution >= 4 is 25.3 Å². The molecule has 2 aliphatic rings. The van der Waals surface area contributed by atoms with Gasteiger partial charge in [0.25, 0.3) is 0 Å². The van der Waals surface area contributed by atoms with Crippen LogP contribution in [-0.2, 0) is 14.0 Å². The number of hydrogen-bond acceptors (Lipinski definition) is 6. The summed E-state index contributed by atoms with van der Waals surface area (Å²) in [7, 11) is -0.732.